The summed E-state index contributed by atoms with van der Waals surface area (Å²) in [6, 6.07) is 23.7. The number of amides is 2. The fourth-order valence-electron chi connectivity index (χ4n) is 8.88. The summed E-state index contributed by atoms with van der Waals surface area (Å²) < 4.78 is 18.7. The van der Waals surface area contributed by atoms with Gasteiger partial charge in [-0.15, -0.1) is 0 Å². The summed E-state index contributed by atoms with van der Waals surface area (Å²) in [5, 5.41) is 21.5. The monoisotopic (exact) mass is 830 g/mol. The number of fused-ring (bicyclic) bond motifs is 3. The van der Waals surface area contributed by atoms with E-state index in [1.165, 1.54) is 11.1 Å². The van der Waals surface area contributed by atoms with Crippen LogP contribution in [0, 0.1) is 21.3 Å². The zero-order valence-corrected chi connectivity index (χ0v) is 32.6. The van der Waals surface area contributed by atoms with E-state index in [4.69, 9.17) is 14.1 Å². The van der Waals surface area contributed by atoms with E-state index >= 15 is 0 Å². The third-order valence-electron chi connectivity index (χ3n) is 11.5. The molecule has 7 rings (SSSR count). The summed E-state index contributed by atoms with van der Waals surface area (Å²) in [6.45, 7) is 4.91. The Balaban J connectivity index is 1.13. The summed E-state index contributed by atoms with van der Waals surface area (Å²) in [7, 11) is 0.500. The third-order valence-corrected chi connectivity index (χ3v) is 12.3. The highest BCUT2D eigenvalue weighted by atomic mass is 127. The number of halogens is 1. The highest BCUT2D eigenvalue weighted by molar-refractivity contribution is 14.1. The molecule has 3 aromatic carbocycles. The minimum Gasteiger partial charge on any atom is -0.504 e. The molecule has 3 heterocycles. The first-order chi connectivity index (χ1) is 25.7. The highest BCUT2D eigenvalue weighted by Crippen LogP contribution is 2.51. The molecule has 1 aliphatic carbocycles. The number of imide groups is 1. The Labute approximate surface area is 326 Å². The fourth-order valence-corrected chi connectivity index (χ4v) is 9.51. The van der Waals surface area contributed by atoms with E-state index in [1.54, 1.807) is 12.0 Å². The molecule has 0 bridgehead atoms. The molecule has 0 spiro atoms. The number of para-hydroxylation sites is 1. The van der Waals surface area contributed by atoms with Gasteiger partial charge in [0.15, 0.2) is 11.5 Å². The molecule has 0 unspecified atom stereocenters. The first kappa shape index (κ1) is 37.7. The van der Waals surface area contributed by atoms with Crippen LogP contribution in [0.5, 0.6) is 17.2 Å². The van der Waals surface area contributed by atoms with Crippen LogP contribution in [-0.4, -0.2) is 77.8 Å². The summed E-state index contributed by atoms with van der Waals surface area (Å²) in [6.07, 6.45) is 6.02. The molecule has 4 aliphatic rings. The molecular formula is C42H48BIN2O7. The van der Waals surface area contributed by atoms with Crippen LogP contribution in [0.2, 0.25) is 6.32 Å². The van der Waals surface area contributed by atoms with Gasteiger partial charge in [0.05, 0.1) is 28.6 Å². The van der Waals surface area contributed by atoms with Crippen LogP contribution in [0.1, 0.15) is 56.6 Å². The van der Waals surface area contributed by atoms with E-state index in [0.717, 1.165) is 61.4 Å². The van der Waals surface area contributed by atoms with Crippen LogP contribution in [0.3, 0.4) is 0 Å². The predicted octanol–water partition coefficient (Wildman–Crippen LogP) is 7.12. The topological polar surface area (TPSA) is 109 Å². The lowest BCUT2D eigenvalue weighted by Gasteiger charge is -2.43. The second kappa shape index (κ2) is 16.8. The molecule has 4 atom stereocenters. The molecule has 3 fully saturated rings. The molecule has 53 heavy (non-hydrogen) atoms. The zero-order chi connectivity index (χ0) is 37.1. The van der Waals surface area contributed by atoms with Crippen molar-refractivity contribution in [2.24, 2.45) is 17.8 Å². The number of rotatable bonds is 12. The number of carbonyl (C=O) groups is 2. The van der Waals surface area contributed by atoms with Crippen molar-refractivity contribution >= 4 is 47.6 Å². The predicted molar refractivity (Wildman–Crippen MR) is 213 cm³/mol. The Morgan fingerprint density at radius 2 is 1.74 bits per heavy atom. The molecule has 2 amide bonds. The van der Waals surface area contributed by atoms with E-state index < -0.39 is 25.1 Å². The second-order valence-electron chi connectivity index (χ2n) is 14.7. The number of hydrogen-bond acceptors (Lipinski definition) is 8. The van der Waals surface area contributed by atoms with Crippen molar-refractivity contribution in [3.63, 3.8) is 0 Å². The summed E-state index contributed by atoms with van der Waals surface area (Å²) in [5.41, 5.74) is 5.39. The number of ether oxygens (including phenoxy) is 2. The summed E-state index contributed by atoms with van der Waals surface area (Å²) >= 11 is 2.10. The fraction of sp³-hybridized carbons (Fsp3) is 0.429. The molecule has 0 radical (unpaired) electrons. The minimum atomic E-state index is -1.04. The number of allylic oxidation sites excluding steroid dienone is 1. The molecule has 11 heteroatoms. The molecule has 0 saturated carbocycles. The Morgan fingerprint density at radius 3 is 2.43 bits per heavy atom. The van der Waals surface area contributed by atoms with Crippen molar-refractivity contribution in [1.82, 2.24) is 9.80 Å². The maximum Gasteiger partial charge on any atom is 0.455 e. The van der Waals surface area contributed by atoms with Crippen LogP contribution < -0.4 is 9.47 Å². The summed E-state index contributed by atoms with van der Waals surface area (Å²) in [5.74, 6) is -0.193. The number of piperidine rings is 1. The van der Waals surface area contributed by atoms with Gasteiger partial charge >= 0.3 is 7.12 Å². The molecule has 0 aromatic heterocycles. The summed E-state index contributed by atoms with van der Waals surface area (Å²) in [4.78, 5) is 32.8. The van der Waals surface area contributed by atoms with Gasteiger partial charge in [-0.2, -0.15) is 0 Å². The first-order valence-corrected chi connectivity index (χ1v) is 19.9. The lowest BCUT2D eigenvalue weighted by atomic mass is 9.58. The van der Waals surface area contributed by atoms with Crippen molar-refractivity contribution in [2.45, 2.75) is 70.5 Å². The van der Waals surface area contributed by atoms with E-state index in [9.17, 15) is 19.7 Å². The molecule has 9 nitrogen and oxygen atoms in total. The number of phenols is 1. The number of methoxy groups -OCH3 is 1. The van der Waals surface area contributed by atoms with Gasteiger partial charge < -0.3 is 24.3 Å². The van der Waals surface area contributed by atoms with Crippen molar-refractivity contribution < 1.29 is 33.8 Å². The van der Waals surface area contributed by atoms with Crippen molar-refractivity contribution in [3.8, 4) is 17.2 Å². The Kier molecular flexibility index (Phi) is 11.9. The van der Waals surface area contributed by atoms with Gasteiger partial charge in [-0.25, -0.2) is 0 Å². The molecule has 2 N–H and O–H groups in total. The van der Waals surface area contributed by atoms with Crippen LogP contribution >= 0.6 is 22.6 Å². The van der Waals surface area contributed by atoms with E-state index in [2.05, 4.69) is 64.8 Å². The molecule has 3 aromatic rings. The van der Waals surface area contributed by atoms with E-state index in [-0.39, 0.29) is 42.5 Å². The van der Waals surface area contributed by atoms with E-state index in [1.807, 2.05) is 48.5 Å². The number of carbonyl (C=O) groups excluding carboxylic acids is 2. The average Bonchev–Trinajstić information content (AvgIpc) is 3.43. The Bertz CT molecular complexity index is 1850. The van der Waals surface area contributed by atoms with Crippen molar-refractivity contribution in [2.75, 3.05) is 26.8 Å². The molecule has 278 valence electrons. The van der Waals surface area contributed by atoms with E-state index in [0.29, 0.717) is 28.6 Å². The molecule has 3 aliphatic heterocycles. The lowest BCUT2D eigenvalue weighted by Crippen LogP contribution is -2.48. The Morgan fingerprint density at radius 1 is 1.02 bits per heavy atom. The van der Waals surface area contributed by atoms with Crippen LogP contribution in [0.25, 0.3) is 6.08 Å². The third kappa shape index (κ3) is 8.23. The van der Waals surface area contributed by atoms with Crippen LogP contribution in [-0.2, 0) is 20.8 Å². The standard InChI is InChI=1S/C42H48BIN2O7/c1-3-27(20-29-21-35(44)40(47)37(22-29)51-2)14-15-36-38-30(26-52-32-12-8-5-9-13-32)23-33-39(34(38)24-43(50)53-36)42(49)46(41(33)48)31-16-18-45(19-17-31)25-28-10-6-4-7-11-28/h4-13,20-22,31,33-34,36,39,47,50H,3,14-19,23-26H2,1-2H3/b27-20+/t33-,34+,36-,39-/m1/s1. The second-order valence-corrected chi connectivity index (χ2v) is 15.9. The van der Waals surface area contributed by atoms with Gasteiger partial charge in [0.25, 0.3) is 0 Å². The Hall–Kier alpha value is -3.65. The maximum absolute atomic E-state index is 14.5. The molecular weight excluding hydrogens is 782 g/mol. The number of hydrogen-bond donors (Lipinski definition) is 2. The molecule has 3 saturated heterocycles. The SMILES string of the molecule is CC/C(=C\c1cc(I)c(O)c(OC)c1)CC[C@H]1OB(O)C[C@H]2C1=C(COc1ccccc1)C[C@H]1C(=O)N(C3CCN(Cc4ccccc4)CC3)C(=O)[C@H]12. The van der Waals surface area contributed by atoms with Gasteiger partial charge in [-0.1, -0.05) is 67.1 Å². The quantitative estimate of drug-likeness (QED) is 0.0861. The number of benzene rings is 3. The van der Waals surface area contributed by atoms with Gasteiger partial charge in [0.1, 0.15) is 12.4 Å². The van der Waals surface area contributed by atoms with Gasteiger partial charge in [0, 0.05) is 25.7 Å². The van der Waals surface area contributed by atoms with Gasteiger partial charge in [0.2, 0.25) is 11.8 Å². The number of likely N-dealkylation sites (tertiary alicyclic amines) is 2. The lowest BCUT2D eigenvalue weighted by molar-refractivity contribution is -0.144. The number of aromatic hydroxyl groups is 1. The van der Waals surface area contributed by atoms with Crippen LogP contribution in [0.15, 0.2) is 89.5 Å². The minimum absolute atomic E-state index is 0.0783. The normalized spacial score (nSPS) is 24.0. The largest absolute Gasteiger partial charge is 0.504 e. The highest BCUT2D eigenvalue weighted by Gasteiger charge is 2.58. The number of nitrogens with zero attached hydrogens (tertiary/aromatic N) is 2. The van der Waals surface area contributed by atoms with Gasteiger partial charge in [-0.3, -0.25) is 19.4 Å². The smallest absolute Gasteiger partial charge is 0.455 e. The maximum atomic E-state index is 14.5. The average molecular weight is 831 g/mol. The van der Waals surface area contributed by atoms with Crippen LogP contribution in [0.4, 0.5) is 0 Å². The van der Waals surface area contributed by atoms with Gasteiger partial charge in [-0.05, 0) is 120 Å². The van der Waals surface area contributed by atoms with Crippen molar-refractivity contribution in [1.29, 1.82) is 0 Å². The number of phenolic OH excluding ortho intramolecular Hbond substituents is 1. The zero-order valence-electron chi connectivity index (χ0n) is 30.5. The first-order valence-electron chi connectivity index (χ1n) is 18.9. The van der Waals surface area contributed by atoms with Crippen molar-refractivity contribution in [3.05, 3.63) is 104 Å².